The van der Waals surface area contributed by atoms with Crippen molar-refractivity contribution >= 4 is 5.96 Å². The van der Waals surface area contributed by atoms with Crippen molar-refractivity contribution in [2.24, 2.45) is 4.99 Å². The average Bonchev–Trinajstić information content (AvgIpc) is 3.33. The van der Waals surface area contributed by atoms with E-state index in [1.54, 1.807) is 13.1 Å². The quantitative estimate of drug-likeness (QED) is 0.526. The normalized spacial score (nSPS) is 17.7. The van der Waals surface area contributed by atoms with Crippen LogP contribution in [0.3, 0.4) is 0 Å². The van der Waals surface area contributed by atoms with E-state index < -0.39 is 0 Å². The number of ether oxygens (including phenoxy) is 2. The standard InChI is InChI=1S/C24H31FN4O2/c1-26-24(27-10-9-19-13-21(25)14-20-16-30-17-31-23(19)20)28-15-22(29-11-5-6-12-29)18-7-3-2-4-8-18/h2-4,7-8,13-14,22H,5-6,9-12,15-17H2,1H3,(H2,26,27,28). The summed E-state index contributed by atoms with van der Waals surface area (Å²) in [6.45, 7) is 4.25. The van der Waals surface area contributed by atoms with Crippen LogP contribution in [-0.4, -0.2) is 50.9 Å². The summed E-state index contributed by atoms with van der Waals surface area (Å²) in [7, 11) is 1.77. The molecule has 2 aliphatic rings. The molecule has 6 nitrogen and oxygen atoms in total. The Morgan fingerprint density at radius 2 is 1.97 bits per heavy atom. The van der Waals surface area contributed by atoms with Gasteiger partial charge in [-0.3, -0.25) is 9.89 Å². The average molecular weight is 427 g/mol. The van der Waals surface area contributed by atoms with Crippen LogP contribution >= 0.6 is 0 Å². The van der Waals surface area contributed by atoms with Crippen molar-refractivity contribution in [3.63, 3.8) is 0 Å². The Balaban J connectivity index is 1.34. The topological polar surface area (TPSA) is 58.1 Å². The Bertz CT molecular complexity index is 885. The van der Waals surface area contributed by atoms with Crippen LogP contribution < -0.4 is 15.4 Å². The molecule has 7 heteroatoms. The van der Waals surface area contributed by atoms with Crippen molar-refractivity contribution in [3.8, 4) is 5.75 Å². The molecular formula is C24H31FN4O2. The second kappa shape index (κ2) is 10.6. The molecule has 2 heterocycles. The minimum atomic E-state index is -0.262. The van der Waals surface area contributed by atoms with Crippen LogP contribution in [0.5, 0.6) is 5.75 Å². The van der Waals surface area contributed by atoms with E-state index in [-0.39, 0.29) is 12.6 Å². The number of hydrogen-bond donors (Lipinski definition) is 2. The maximum atomic E-state index is 14.0. The SMILES string of the molecule is CN=C(NCCc1cc(F)cc2c1OCOC2)NCC(c1ccccc1)N1CCCC1. The number of nitrogens with one attached hydrogen (secondary N) is 2. The lowest BCUT2D eigenvalue weighted by atomic mass is 10.1. The molecule has 0 spiro atoms. The molecule has 0 aromatic heterocycles. The molecular weight excluding hydrogens is 395 g/mol. The Labute approximate surface area is 183 Å². The second-order valence-electron chi connectivity index (χ2n) is 7.96. The van der Waals surface area contributed by atoms with Crippen LogP contribution in [0.25, 0.3) is 0 Å². The lowest BCUT2D eigenvalue weighted by Crippen LogP contribution is -2.43. The van der Waals surface area contributed by atoms with Crippen LogP contribution in [0, 0.1) is 5.82 Å². The molecule has 4 rings (SSSR count). The van der Waals surface area contributed by atoms with Crippen LogP contribution in [0.2, 0.25) is 0 Å². The number of guanidine groups is 1. The van der Waals surface area contributed by atoms with Crippen molar-refractivity contribution in [3.05, 3.63) is 65.0 Å². The third-order valence-electron chi connectivity index (χ3n) is 5.89. The molecule has 0 amide bonds. The maximum Gasteiger partial charge on any atom is 0.191 e. The third kappa shape index (κ3) is 5.54. The van der Waals surface area contributed by atoms with Gasteiger partial charge in [0, 0.05) is 25.7 Å². The molecule has 31 heavy (non-hydrogen) atoms. The summed E-state index contributed by atoms with van der Waals surface area (Å²) in [6, 6.07) is 14.0. The summed E-state index contributed by atoms with van der Waals surface area (Å²) in [5, 5.41) is 6.83. The third-order valence-corrected chi connectivity index (χ3v) is 5.89. The fraction of sp³-hybridized carbons (Fsp3) is 0.458. The maximum absolute atomic E-state index is 14.0. The van der Waals surface area contributed by atoms with Crippen molar-refractivity contribution in [1.29, 1.82) is 0 Å². The lowest BCUT2D eigenvalue weighted by molar-refractivity contribution is -0.0172. The van der Waals surface area contributed by atoms with Gasteiger partial charge in [0.2, 0.25) is 0 Å². The molecule has 1 atom stereocenters. The van der Waals surface area contributed by atoms with E-state index in [1.807, 2.05) is 0 Å². The van der Waals surface area contributed by atoms with Gasteiger partial charge >= 0.3 is 0 Å². The largest absolute Gasteiger partial charge is 0.467 e. The number of hydrogen-bond acceptors (Lipinski definition) is 4. The molecule has 166 valence electrons. The summed E-state index contributed by atoms with van der Waals surface area (Å²) in [6.07, 6.45) is 3.14. The molecule has 1 fully saturated rings. The number of likely N-dealkylation sites (tertiary alicyclic amines) is 1. The summed E-state index contributed by atoms with van der Waals surface area (Å²) in [4.78, 5) is 6.90. The first-order valence-corrected chi connectivity index (χ1v) is 11.0. The summed E-state index contributed by atoms with van der Waals surface area (Å²) < 4.78 is 24.8. The highest BCUT2D eigenvalue weighted by Crippen LogP contribution is 2.29. The minimum absolute atomic E-state index is 0.208. The lowest BCUT2D eigenvalue weighted by Gasteiger charge is -2.29. The van der Waals surface area contributed by atoms with Gasteiger partial charge in [-0.1, -0.05) is 30.3 Å². The molecule has 1 unspecified atom stereocenters. The van der Waals surface area contributed by atoms with Gasteiger partial charge in [0.1, 0.15) is 11.6 Å². The molecule has 0 saturated carbocycles. The Kier molecular flexibility index (Phi) is 7.38. The highest BCUT2D eigenvalue weighted by atomic mass is 19.1. The van der Waals surface area contributed by atoms with Crippen LogP contribution in [0.4, 0.5) is 4.39 Å². The fourth-order valence-corrected chi connectivity index (χ4v) is 4.36. The van der Waals surface area contributed by atoms with E-state index in [0.29, 0.717) is 25.6 Å². The molecule has 2 aromatic carbocycles. The molecule has 1 saturated heterocycles. The first kappa shape index (κ1) is 21.6. The zero-order chi connectivity index (χ0) is 21.5. The smallest absolute Gasteiger partial charge is 0.191 e. The van der Waals surface area contributed by atoms with Crippen LogP contribution in [0.15, 0.2) is 47.5 Å². The van der Waals surface area contributed by atoms with Gasteiger partial charge in [0.05, 0.1) is 12.6 Å². The minimum Gasteiger partial charge on any atom is -0.467 e. The molecule has 2 aliphatic heterocycles. The number of aliphatic imine (C=N–C) groups is 1. The number of halogens is 1. The zero-order valence-corrected chi connectivity index (χ0v) is 18.1. The van der Waals surface area contributed by atoms with Crippen molar-refractivity contribution in [2.45, 2.75) is 31.9 Å². The van der Waals surface area contributed by atoms with Crippen LogP contribution in [0.1, 0.15) is 35.6 Å². The Hall–Kier alpha value is -2.64. The predicted molar refractivity (Wildman–Crippen MR) is 120 cm³/mol. The van der Waals surface area contributed by atoms with E-state index in [0.717, 1.165) is 42.5 Å². The van der Waals surface area contributed by atoms with E-state index >= 15 is 0 Å². The van der Waals surface area contributed by atoms with Crippen molar-refractivity contribution in [2.75, 3.05) is 40.0 Å². The highest BCUT2D eigenvalue weighted by molar-refractivity contribution is 5.79. The van der Waals surface area contributed by atoms with Gasteiger partial charge in [-0.05, 0) is 55.6 Å². The van der Waals surface area contributed by atoms with E-state index in [9.17, 15) is 4.39 Å². The molecule has 2 N–H and O–H groups in total. The number of rotatable bonds is 7. The fourth-order valence-electron chi connectivity index (χ4n) is 4.36. The van der Waals surface area contributed by atoms with Gasteiger partial charge in [0.25, 0.3) is 0 Å². The van der Waals surface area contributed by atoms with E-state index in [1.165, 1.54) is 24.5 Å². The monoisotopic (exact) mass is 426 g/mol. The summed E-state index contributed by atoms with van der Waals surface area (Å²) in [5.74, 6) is 1.23. The van der Waals surface area contributed by atoms with Crippen molar-refractivity contribution < 1.29 is 13.9 Å². The Morgan fingerprint density at radius 1 is 1.16 bits per heavy atom. The van der Waals surface area contributed by atoms with E-state index in [4.69, 9.17) is 9.47 Å². The zero-order valence-electron chi connectivity index (χ0n) is 18.1. The van der Waals surface area contributed by atoms with Gasteiger partial charge in [-0.15, -0.1) is 0 Å². The first-order valence-electron chi connectivity index (χ1n) is 11.0. The van der Waals surface area contributed by atoms with Gasteiger partial charge in [-0.2, -0.15) is 0 Å². The molecule has 0 radical (unpaired) electrons. The summed E-state index contributed by atoms with van der Waals surface area (Å²) in [5.41, 5.74) is 2.93. The van der Waals surface area contributed by atoms with Crippen LogP contribution in [-0.2, 0) is 17.8 Å². The van der Waals surface area contributed by atoms with Gasteiger partial charge < -0.3 is 20.1 Å². The Morgan fingerprint density at radius 3 is 2.74 bits per heavy atom. The second-order valence-corrected chi connectivity index (χ2v) is 7.96. The van der Waals surface area contributed by atoms with E-state index in [2.05, 4.69) is 50.9 Å². The molecule has 0 aliphatic carbocycles. The number of nitrogens with zero attached hydrogens (tertiary/aromatic N) is 2. The van der Waals surface area contributed by atoms with Gasteiger partial charge in [-0.25, -0.2) is 4.39 Å². The molecule has 2 aromatic rings. The molecule has 0 bridgehead atoms. The first-order chi connectivity index (χ1) is 15.2. The number of benzene rings is 2. The predicted octanol–water partition coefficient (Wildman–Crippen LogP) is 3.24. The highest BCUT2D eigenvalue weighted by Gasteiger charge is 2.23. The summed E-state index contributed by atoms with van der Waals surface area (Å²) >= 11 is 0. The van der Waals surface area contributed by atoms with Crippen molar-refractivity contribution in [1.82, 2.24) is 15.5 Å². The number of fused-ring (bicyclic) bond motifs is 1. The van der Waals surface area contributed by atoms with Gasteiger partial charge in [0.15, 0.2) is 12.8 Å².